The van der Waals surface area contributed by atoms with E-state index in [4.69, 9.17) is 0 Å². The number of hydrogen-bond acceptors (Lipinski definition) is 6. The lowest BCUT2D eigenvalue weighted by molar-refractivity contribution is -0.118. The van der Waals surface area contributed by atoms with Crippen molar-refractivity contribution in [2.75, 3.05) is 0 Å². The average Bonchev–Trinajstić information content (AvgIpc) is 3.34. The highest BCUT2D eigenvalue weighted by Crippen LogP contribution is 2.38. The summed E-state index contributed by atoms with van der Waals surface area (Å²) in [6.07, 6.45) is 1.08. The van der Waals surface area contributed by atoms with Gasteiger partial charge >= 0.3 is 0 Å². The number of nitrogens with one attached hydrogen (secondary N) is 3. The molecule has 4 rings (SSSR count). The Labute approximate surface area is 226 Å². The van der Waals surface area contributed by atoms with Gasteiger partial charge in [-0.2, -0.15) is 9.14 Å². The van der Waals surface area contributed by atoms with Gasteiger partial charge in [-0.3, -0.25) is 4.79 Å². The van der Waals surface area contributed by atoms with Gasteiger partial charge in [0.25, 0.3) is 5.91 Å². The molecule has 2 aliphatic rings. The molecular weight excluding hydrogens is 609 g/mol. The van der Waals surface area contributed by atoms with Crippen molar-refractivity contribution in [3.8, 4) is 0 Å². The maximum atomic E-state index is 15.0. The fourth-order valence-electron chi connectivity index (χ4n) is 4.24. The Morgan fingerprint density at radius 3 is 2.60 bits per heavy atom. The lowest BCUT2D eigenvalue weighted by Gasteiger charge is -2.37. The molecule has 3 atom stereocenters. The SMILES string of the molecule is CC(NC(=O)C1=CSNN1)c1cc(F)c(CN2[C@@H](C)CC[C@H](c3ccccc3)S2(=O)=O)cc1F.I.[HH]. The minimum absolute atomic E-state index is 0. The molecule has 3 N–H and O–H groups in total. The van der Waals surface area contributed by atoms with E-state index in [1.807, 2.05) is 6.07 Å². The topological polar surface area (TPSA) is 90.5 Å². The van der Waals surface area contributed by atoms with Crippen molar-refractivity contribution in [1.29, 1.82) is 0 Å². The van der Waals surface area contributed by atoms with Crippen LogP contribution in [0.15, 0.2) is 53.6 Å². The predicted octanol–water partition coefficient (Wildman–Crippen LogP) is 4.66. The first kappa shape index (κ1) is 27.8. The molecular formula is C23H29F2IN4O3S2. The smallest absolute Gasteiger partial charge is 0.269 e. The van der Waals surface area contributed by atoms with Crippen molar-refractivity contribution in [2.45, 2.75) is 50.6 Å². The number of hydrogen-bond donors (Lipinski definition) is 3. The van der Waals surface area contributed by atoms with Crippen LogP contribution in [0.25, 0.3) is 0 Å². The molecule has 2 heterocycles. The molecule has 0 bridgehead atoms. The summed E-state index contributed by atoms with van der Waals surface area (Å²) in [6.45, 7) is 3.06. The lowest BCUT2D eigenvalue weighted by atomic mass is 10.0. The second-order valence-electron chi connectivity index (χ2n) is 8.45. The first-order chi connectivity index (χ1) is 16.2. The van der Waals surface area contributed by atoms with Gasteiger partial charge in [0, 0.05) is 30.5 Å². The summed E-state index contributed by atoms with van der Waals surface area (Å²) in [4.78, 5) is 14.9. The largest absolute Gasteiger partial charge is 0.344 e. The first-order valence-electron chi connectivity index (χ1n) is 10.9. The summed E-state index contributed by atoms with van der Waals surface area (Å²) in [7, 11) is -3.78. The van der Waals surface area contributed by atoms with Crippen molar-refractivity contribution in [1.82, 2.24) is 19.9 Å². The third-order valence-corrected chi connectivity index (χ3v) is 9.11. The zero-order chi connectivity index (χ0) is 24.5. The standard InChI is InChI=1S/C23H26F2N4O3S2.HI.H2/c1-14-8-9-22(16-6-4-3-5-7-16)34(31,32)29(14)12-17-10-20(25)18(11-19(17)24)15(2)26-23(30)21-13-33-28-27-21;;/h3-7,10-11,13-15,22,27-28H,8-9,12H2,1-2H3,(H,26,30);2*1H/t14-,15?,22+;;/m0../s1. The number of nitrogens with zero attached hydrogens (tertiary/aromatic N) is 1. The molecule has 0 aromatic heterocycles. The fourth-order valence-corrected chi connectivity index (χ4v) is 6.94. The highest BCUT2D eigenvalue weighted by atomic mass is 127. The van der Waals surface area contributed by atoms with Crippen LogP contribution in [-0.2, 0) is 21.4 Å². The maximum absolute atomic E-state index is 15.0. The Balaban J connectivity index is 0.00000228. The molecule has 35 heavy (non-hydrogen) atoms. The number of rotatable bonds is 6. The first-order valence-corrected chi connectivity index (χ1v) is 13.3. The highest BCUT2D eigenvalue weighted by molar-refractivity contribution is 14.0. The quantitative estimate of drug-likeness (QED) is 0.315. The molecule has 7 nitrogen and oxygen atoms in total. The summed E-state index contributed by atoms with van der Waals surface area (Å²) in [5, 5.41) is 3.45. The molecule has 192 valence electrons. The molecule has 1 fully saturated rings. The molecule has 2 aliphatic heterocycles. The number of benzene rings is 2. The molecule has 0 aliphatic carbocycles. The Morgan fingerprint density at radius 2 is 1.94 bits per heavy atom. The minimum Gasteiger partial charge on any atom is -0.344 e. The van der Waals surface area contributed by atoms with Crippen LogP contribution in [0.4, 0.5) is 8.78 Å². The van der Waals surface area contributed by atoms with Gasteiger partial charge in [-0.05, 0) is 56.3 Å². The van der Waals surface area contributed by atoms with E-state index >= 15 is 4.39 Å². The van der Waals surface area contributed by atoms with E-state index in [2.05, 4.69) is 15.6 Å². The molecule has 1 unspecified atom stereocenters. The minimum atomic E-state index is -3.78. The summed E-state index contributed by atoms with van der Waals surface area (Å²) in [5.41, 5.74) is 3.54. The third kappa shape index (κ3) is 5.98. The van der Waals surface area contributed by atoms with E-state index in [1.54, 1.807) is 43.5 Å². The molecule has 0 spiro atoms. The molecule has 12 heteroatoms. The van der Waals surface area contributed by atoms with Crippen molar-refractivity contribution in [3.05, 3.63) is 81.9 Å². The van der Waals surface area contributed by atoms with Crippen LogP contribution in [0, 0.1) is 11.6 Å². The number of halogens is 3. The van der Waals surface area contributed by atoms with Crippen LogP contribution >= 0.6 is 35.9 Å². The van der Waals surface area contributed by atoms with E-state index < -0.39 is 38.9 Å². The monoisotopic (exact) mass is 638 g/mol. The Morgan fingerprint density at radius 1 is 1.23 bits per heavy atom. The molecule has 0 radical (unpaired) electrons. The van der Waals surface area contributed by atoms with Gasteiger partial charge in [0.15, 0.2) is 0 Å². The molecule has 1 amide bonds. The van der Waals surface area contributed by atoms with Crippen LogP contribution in [0.5, 0.6) is 0 Å². The van der Waals surface area contributed by atoms with Gasteiger partial charge in [-0.1, -0.05) is 30.3 Å². The highest BCUT2D eigenvalue weighted by Gasteiger charge is 2.40. The summed E-state index contributed by atoms with van der Waals surface area (Å²) in [6, 6.07) is 9.83. The van der Waals surface area contributed by atoms with Gasteiger partial charge in [0.2, 0.25) is 10.0 Å². The zero-order valence-electron chi connectivity index (χ0n) is 19.1. The van der Waals surface area contributed by atoms with Gasteiger partial charge in [0.05, 0.1) is 6.04 Å². The second-order valence-corrected chi connectivity index (χ2v) is 11.2. The Kier molecular flexibility index (Phi) is 9.18. The van der Waals surface area contributed by atoms with Crippen molar-refractivity contribution < 1.29 is 23.4 Å². The zero-order valence-corrected chi connectivity index (χ0v) is 23.1. The Hall–Kier alpha value is -1.74. The van der Waals surface area contributed by atoms with E-state index in [-0.39, 0.29) is 54.8 Å². The number of hydrazine groups is 1. The van der Waals surface area contributed by atoms with Crippen molar-refractivity contribution in [3.63, 3.8) is 0 Å². The molecule has 0 saturated carbocycles. The van der Waals surface area contributed by atoms with Crippen LogP contribution in [-0.4, -0.2) is 24.7 Å². The van der Waals surface area contributed by atoms with Gasteiger partial charge in [-0.25, -0.2) is 17.2 Å². The van der Waals surface area contributed by atoms with Crippen LogP contribution < -0.4 is 15.6 Å². The summed E-state index contributed by atoms with van der Waals surface area (Å²) >= 11 is 1.18. The lowest BCUT2D eigenvalue weighted by Crippen LogP contribution is -2.44. The second kappa shape index (κ2) is 11.5. The number of carbonyl (C=O) groups excluding carboxylic acids is 1. The van der Waals surface area contributed by atoms with E-state index in [9.17, 15) is 17.6 Å². The maximum Gasteiger partial charge on any atom is 0.269 e. The third-order valence-electron chi connectivity index (χ3n) is 6.17. The molecule has 2 aromatic rings. The van der Waals surface area contributed by atoms with Crippen molar-refractivity contribution in [2.24, 2.45) is 0 Å². The normalized spacial score (nSPS) is 22.5. The van der Waals surface area contributed by atoms with Gasteiger partial charge in [-0.15, -0.1) is 24.0 Å². The number of amides is 1. The average molecular weight is 639 g/mol. The van der Waals surface area contributed by atoms with Crippen molar-refractivity contribution >= 4 is 51.9 Å². The predicted molar refractivity (Wildman–Crippen MR) is 145 cm³/mol. The van der Waals surface area contributed by atoms with E-state index in [0.29, 0.717) is 18.4 Å². The van der Waals surface area contributed by atoms with Crippen LogP contribution in [0.1, 0.15) is 56.1 Å². The number of sulfonamides is 1. The number of carbonyl (C=O) groups is 1. The summed E-state index contributed by atoms with van der Waals surface area (Å²) < 4.78 is 58.1. The molecule has 1 saturated heterocycles. The van der Waals surface area contributed by atoms with Crippen LogP contribution in [0.3, 0.4) is 0 Å². The van der Waals surface area contributed by atoms with Crippen LogP contribution in [0.2, 0.25) is 0 Å². The molecule has 2 aromatic carbocycles. The fraction of sp³-hybridized carbons (Fsp3) is 0.348. The van der Waals surface area contributed by atoms with E-state index in [0.717, 1.165) is 12.1 Å². The van der Waals surface area contributed by atoms with Gasteiger partial charge < -0.3 is 10.7 Å². The van der Waals surface area contributed by atoms with Gasteiger partial charge in [0.1, 0.15) is 22.6 Å². The van der Waals surface area contributed by atoms with E-state index in [1.165, 1.54) is 16.3 Å². The summed E-state index contributed by atoms with van der Waals surface area (Å²) in [5.74, 6) is -1.90. The Bertz CT molecular complexity index is 1220.